The smallest absolute Gasteiger partial charge is 0.282 e. The summed E-state index contributed by atoms with van der Waals surface area (Å²) in [5, 5.41) is 0. The molecule has 2 aliphatic carbocycles. The predicted molar refractivity (Wildman–Crippen MR) is 118 cm³/mol. The fourth-order valence-electron chi connectivity index (χ4n) is 3.91. The van der Waals surface area contributed by atoms with Gasteiger partial charge in [0.1, 0.15) is 11.5 Å². The van der Waals surface area contributed by atoms with E-state index in [4.69, 9.17) is 4.42 Å². The van der Waals surface area contributed by atoms with E-state index >= 15 is 0 Å². The van der Waals surface area contributed by atoms with Crippen LogP contribution in [0, 0.1) is 6.92 Å². The summed E-state index contributed by atoms with van der Waals surface area (Å²) in [5.74, 6) is 1.62. The van der Waals surface area contributed by atoms with Gasteiger partial charge in [0.15, 0.2) is 0 Å². The number of hydrogen-bond acceptors (Lipinski definition) is 3. The molecule has 0 radical (unpaired) electrons. The second-order valence-corrected chi connectivity index (χ2v) is 9.50. The minimum Gasteiger partial charge on any atom is -0.456 e. The molecule has 2 aliphatic rings. The summed E-state index contributed by atoms with van der Waals surface area (Å²) in [6.07, 6.45) is 14.7. The van der Waals surface area contributed by atoms with Crippen molar-refractivity contribution >= 4 is 27.4 Å². The lowest BCUT2D eigenvalue weighted by Gasteiger charge is -2.12. The third kappa shape index (κ3) is 4.61. The second kappa shape index (κ2) is 8.54. The maximum atomic E-state index is 12.7. The zero-order valence-corrected chi connectivity index (χ0v) is 17.7. The number of nitrogens with zero attached hydrogens (tertiary/aromatic N) is 1. The number of sulfonamides is 1. The van der Waals surface area contributed by atoms with Crippen LogP contribution < -0.4 is 0 Å². The summed E-state index contributed by atoms with van der Waals surface area (Å²) in [7, 11) is -3.74. The molecule has 1 aromatic heterocycles. The van der Waals surface area contributed by atoms with Crippen molar-refractivity contribution in [3.8, 4) is 0 Å². The summed E-state index contributed by atoms with van der Waals surface area (Å²) in [4.78, 5) is 0.205. The van der Waals surface area contributed by atoms with Crippen molar-refractivity contribution in [1.29, 1.82) is 0 Å². The molecular formula is C24H27NO3S. The number of hydrogen-bond donors (Lipinski definition) is 0. The average Bonchev–Trinajstić information content (AvgIpc) is 3.18. The summed E-state index contributed by atoms with van der Waals surface area (Å²) in [5.41, 5.74) is 4.14. The summed E-state index contributed by atoms with van der Waals surface area (Å²) in [6, 6.07) is 8.72. The molecule has 4 rings (SSSR count). The molecule has 0 saturated carbocycles. The van der Waals surface area contributed by atoms with Gasteiger partial charge in [-0.3, -0.25) is 0 Å². The standard InChI is InChI=1S/C24H27NO3S/c1-18-12-14-22(15-13-18)29(26,27)25-17-21-16-23(19-8-4-2-5-9-19)28-24(21)20-10-6-3-7-11-20/h8,10,12-17H,2-7,9,11H2,1H3/b25-17+. The second-order valence-electron chi connectivity index (χ2n) is 7.87. The monoisotopic (exact) mass is 409 g/mol. The molecule has 152 valence electrons. The van der Waals surface area contributed by atoms with Crippen LogP contribution in [0.2, 0.25) is 0 Å². The lowest BCUT2D eigenvalue weighted by atomic mass is 9.96. The number of benzene rings is 1. The van der Waals surface area contributed by atoms with Crippen molar-refractivity contribution < 1.29 is 12.8 Å². The van der Waals surface area contributed by atoms with E-state index in [1.165, 1.54) is 24.6 Å². The van der Waals surface area contributed by atoms with E-state index in [-0.39, 0.29) is 4.90 Å². The Morgan fingerprint density at radius 1 is 0.931 bits per heavy atom. The van der Waals surface area contributed by atoms with Crippen LogP contribution in [0.15, 0.2) is 56.2 Å². The van der Waals surface area contributed by atoms with Crippen LogP contribution in [0.5, 0.6) is 0 Å². The fraction of sp³-hybridized carbons (Fsp3) is 0.375. The first-order chi connectivity index (χ1) is 14.0. The Balaban J connectivity index is 1.70. The molecule has 2 aromatic rings. The average molecular weight is 410 g/mol. The highest BCUT2D eigenvalue weighted by molar-refractivity contribution is 7.90. The Labute approximate surface area is 173 Å². The molecule has 1 aromatic carbocycles. The van der Waals surface area contributed by atoms with Crippen molar-refractivity contribution in [3.63, 3.8) is 0 Å². The van der Waals surface area contributed by atoms with Gasteiger partial charge in [-0.15, -0.1) is 0 Å². The molecule has 5 heteroatoms. The molecule has 0 saturated heterocycles. The molecule has 0 amide bonds. The molecule has 4 nitrogen and oxygen atoms in total. The van der Waals surface area contributed by atoms with E-state index in [0.717, 1.165) is 66.7 Å². The van der Waals surface area contributed by atoms with Crippen LogP contribution in [0.25, 0.3) is 11.1 Å². The normalized spacial score (nSPS) is 18.0. The minimum absolute atomic E-state index is 0.205. The van der Waals surface area contributed by atoms with Crippen molar-refractivity contribution in [2.75, 3.05) is 0 Å². The Morgan fingerprint density at radius 2 is 1.59 bits per heavy atom. The van der Waals surface area contributed by atoms with E-state index in [2.05, 4.69) is 16.5 Å². The van der Waals surface area contributed by atoms with Gasteiger partial charge in [0.25, 0.3) is 10.0 Å². The van der Waals surface area contributed by atoms with Gasteiger partial charge < -0.3 is 4.42 Å². The molecule has 0 atom stereocenters. The van der Waals surface area contributed by atoms with Crippen molar-refractivity contribution in [3.05, 3.63) is 65.1 Å². The lowest BCUT2D eigenvalue weighted by molar-refractivity contribution is 0.526. The topological polar surface area (TPSA) is 59.6 Å². The van der Waals surface area contributed by atoms with Crippen LogP contribution in [0.1, 0.15) is 74.0 Å². The van der Waals surface area contributed by atoms with Crippen LogP contribution in [0.3, 0.4) is 0 Å². The van der Waals surface area contributed by atoms with Gasteiger partial charge in [-0.2, -0.15) is 12.8 Å². The molecule has 0 bridgehead atoms. The van der Waals surface area contributed by atoms with Crippen LogP contribution in [-0.2, 0) is 10.0 Å². The molecule has 0 unspecified atom stereocenters. The zero-order chi connectivity index (χ0) is 20.3. The van der Waals surface area contributed by atoms with Gasteiger partial charge in [0.2, 0.25) is 0 Å². The van der Waals surface area contributed by atoms with Crippen LogP contribution in [0.4, 0.5) is 0 Å². The molecule has 0 aliphatic heterocycles. The molecule has 0 fully saturated rings. The van der Waals surface area contributed by atoms with Crippen LogP contribution >= 0.6 is 0 Å². The minimum atomic E-state index is -3.74. The third-order valence-corrected chi connectivity index (χ3v) is 6.85. The Bertz CT molecular complexity index is 1070. The van der Waals surface area contributed by atoms with E-state index in [1.807, 2.05) is 13.0 Å². The summed E-state index contributed by atoms with van der Waals surface area (Å²) < 4.78 is 35.6. The Morgan fingerprint density at radius 3 is 2.21 bits per heavy atom. The van der Waals surface area contributed by atoms with Gasteiger partial charge in [-0.1, -0.05) is 29.8 Å². The molecule has 0 N–H and O–H groups in total. The van der Waals surface area contributed by atoms with E-state index in [0.29, 0.717) is 0 Å². The highest BCUT2D eigenvalue weighted by Crippen LogP contribution is 2.35. The van der Waals surface area contributed by atoms with Gasteiger partial charge in [-0.05, 0) is 87.6 Å². The quantitative estimate of drug-likeness (QED) is 0.544. The number of rotatable bonds is 5. The first-order valence-corrected chi connectivity index (χ1v) is 11.9. The van der Waals surface area contributed by atoms with Crippen LogP contribution in [-0.4, -0.2) is 14.6 Å². The Kier molecular flexibility index (Phi) is 5.86. The molecule has 29 heavy (non-hydrogen) atoms. The van der Waals surface area contributed by atoms with E-state index in [9.17, 15) is 8.42 Å². The van der Waals surface area contributed by atoms with E-state index < -0.39 is 10.0 Å². The molecule has 1 heterocycles. The maximum Gasteiger partial charge on any atom is 0.282 e. The number of aryl methyl sites for hydroxylation is 1. The van der Waals surface area contributed by atoms with Gasteiger partial charge in [0.05, 0.1) is 11.1 Å². The third-order valence-electron chi connectivity index (χ3n) is 5.60. The zero-order valence-electron chi connectivity index (χ0n) is 16.9. The largest absolute Gasteiger partial charge is 0.456 e. The van der Waals surface area contributed by atoms with Crippen molar-refractivity contribution in [2.45, 2.75) is 63.2 Å². The highest BCUT2D eigenvalue weighted by atomic mass is 32.2. The first kappa shape index (κ1) is 19.9. The summed E-state index contributed by atoms with van der Waals surface area (Å²) in [6.45, 7) is 1.93. The Hall–Kier alpha value is -2.40. The lowest BCUT2D eigenvalue weighted by Crippen LogP contribution is -1.99. The first-order valence-electron chi connectivity index (χ1n) is 10.4. The van der Waals surface area contributed by atoms with Crippen molar-refractivity contribution in [2.24, 2.45) is 4.40 Å². The van der Waals surface area contributed by atoms with Gasteiger partial charge >= 0.3 is 0 Å². The summed E-state index contributed by atoms with van der Waals surface area (Å²) >= 11 is 0. The maximum absolute atomic E-state index is 12.7. The van der Waals surface area contributed by atoms with E-state index in [1.54, 1.807) is 24.3 Å². The van der Waals surface area contributed by atoms with Gasteiger partial charge in [0, 0.05) is 5.56 Å². The highest BCUT2D eigenvalue weighted by Gasteiger charge is 2.20. The van der Waals surface area contributed by atoms with Gasteiger partial charge in [-0.25, -0.2) is 0 Å². The molecular weight excluding hydrogens is 382 g/mol. The number of allylic oxidation sites excluding steroid dienone is 4. The SMILES string of the molecule is Cc1ccc(S(=O)(=O)/N=C/c2cc(C3=CCCCC3)oc2C2=CCCCC2)cc1. The number of furan rings is 1. The van der Waals surface area contributed by atoms with Crippen molar-refractivity contribution in [1.82, 2.24) is 0 Å². The molecule has 0 spiro atoms. The predicted octanol–water partition coefficient (Wildman–Crippen LogP) is 6.31. The fourth-order valence-corrected chi connectivity index (χ4v) is 4.77.